The van der Waals surface area contributed by atoms with Crippen molar-refractivity contribution in [1.82, 2.24) is 5.48 Å². The van der Waals surface area contributed by atoms with Gasteiger partial charge in [-0.3, -0.25) is 10.0 Å². The number of aliphatic hydroxyl groups excluding tert-OH is 1. The van der Waals surface area contributed by atoms with Crippen LogP contribution in [-0.2, 0) is 9.53 Å². The van der Waals surface area contributed by atoms with E-state index in [1.54, 1.807) is 0 Å². The summed E-state index contributed by atoms with van der Waals surface area (Å²) in [5.41, 5.74) is 1.35. The highest BCUT2D eigenvalue weighted by molar-refractivity contribution is 5.74. The van der Waals surface area contributed by atoms with Crippen LogP contribution in [0.25, 0.3) is 0 Å². The minimum atomic E-state index is -1.14. The lowest BCUT2D eigenvalue weighted by atomic mass is 10.4. The fraction of sp³-hybridized carbons (Fsp3) is 0.750. The summed E-state index contributed by atoms with van der Waals surface area (Å²) in [5, 5.41) is 16.5. The molecule has 1 atom stereocenters. The van der Waals surface area contributed by atoms with Crippen LogP contribution in [0.15, 0.2) is 0 Å². The third-order valence-electron chi connectivity index (χ3n) is 0.757. The Morgan fingerprint density at radius 3 is 2.78 bits per heavy atom. The van der Waals surface area contributed by atoms with Crippen LogP contribution >= 0.6 is 0 Å². The predicted octanol–water partition coefficient (Wildman–Crippen LogP) is -1.15. The molecule has 9 heavy (non-hydrogen) atoms. The van der Waals surface area contributed by atoms with E-state index in [1.165, 1.54) is 12.6 Å². The highest BCUT2D eigenvalue weighted by atomic mass is 16.6. The first kappa shape index (κ1) is 8.35. The van der Waals surface area contributed by atoms with Crippen molar-refractivity contribution >= 4 is 5.91 Å². The van der Waals surface area contributed by atoms with Gasteiger partial charge in [0.25, 0.3) is 0 Å². The number of nitrogens with one attached hydrogen (secondary N) is 1. The number of hydrogen-bond acceptors (Lipinski definition) is 4. The van der Waals surface area contributed by atoms with Gasteiger partial charge in [0.15, 0.2) is 6.29 Å². The molecule has 3 N–H and O–H groups in total. The first-order valence-corrected chi connectivity index (χ1v) is 2.34. The van der Waals surface area contributed by atoms with E-state index in [0.29, 0.717) is 0 Å². The molecular formula is C4H9NO4. The smallest absolute Gasteiger partial charge is 0.248 e. The summed E-state index contributed by atoms with van der Waals surface area (Å²) < 4.78 is 4.31. The number of hydrogen-bond donors (Lipinski definition) is 3. The maximum Gasteiger partial charge on any atom is 0.248 e. The first-order valence-electron chi connectivity index (χ1n) is 2.34. The molecule has 54 valence electrons. The van der Waals surface area contributed by atoms with Crippen molar-refractivity contribution in [3.05, 3.63) is 0 Å². The van der Waals surface area contributed by atoms with Gasteiger partial charge in [-0.25, -0.2) is 5.48 Å². The van der Waals surface area contributed by atoms with Crippen molar-refractivity contribution in [2.45, 2.75) is 12.7 Å². The average molecular weight is 135 g/mol. The molecule has 0 rings (SSSR count). The molecule has 0 spiro atoms. The van der Waals surface area contributed by atoms with Gasteiger partial charge in [0.05, 0.1) is 6.42 Å². The van der Waals surface area contributed by atoms with E-state index in [1.807, 2.05) is 0 Å². The van der Waals surface area contributed by atoms with E-state index in [2.05, 4.69) is 4.74 Å². The molecule has 0 aliphatic heterocycles. The number of aliphatic hydroxyl groups is 1. The lowest BCUT2D eigenvalue weighted by molar-refractivity contribution is -0.140. The molecule has 0 aliphatic rings. The van der Waals surface area contributed by atoms with E-state index >= 15 is 0 Å². The molecular weight excluding hydrogens is 126 g/mol. The van der Waals surface area contributed by atoms with Crippen LogP contribution in [0, 0.1) is 0 Å². The van der Waals surface area contributed by atoms with Gasteiger partial charge in [0, 0.05) is 7.11 Å². The van der Waals surface area contributed by atoms with Crippen LogP contribution in [-0.4, -0.2) is 29.6 Å². The topological polar surface area (TPSA) is 78.8 Å². The molecule has 0 aromatic heterocycles. The van der Waals surface area contributed by atoms with Gasteiger partial charge in [0.1, 0.15) is 0 Å². The SMILES string of the molecule is COC(O)CC(=O)NO. The summed E-state index contributed by atoms with van der Waals surface area (Å²) >= 11 is 0. The standard InChI is InChI=1S/C4H9NO4/c1-9-4(7)2-3(6)5-8/h4,7-8H,2H2,1H3,(H,5,6). The Morgan fingerprint density at radius 1 is 1.89 bits per heavy atom. The zero-order valence-electron chi connectivity index (χ0n) is 5.00. The Hall–Kier alpha value is -0.650. The first-order chi connectivity index (χ1) is 4.20. The number of ether oxygens (including phenoxy) is 1. The van der Waals surface area contributed by atoms with E-state index in [4.69, 9.17) is 10.3 Å². The summed E-state index contributed by atoms with van der Waals surface area (Å²) in [6, 6.07) is 0. The molecule has 0 heterocycles. The van der Waals surface area contributed by atoms with Crippen LogP contribution in [0.5, 0.6) is 0 Å². The van der Waals surface area contributed by atoms with Crippen molar-refractivity contribution < 1.29 is 19.8 Å². The molecule has 5 nitrogen and oxygen atoms in total. The molecule has 1 amide bonds. The van der Waals surface area contributed by atoms with Crippen LogP contribution in [0.3, 0.4) is 0 Å². The highest BCUT2D eigenvalue weighted by Crippen LogP contribution is 1.89. The quantitative estimate of drug-likeness (QED) is 0.259. The minimum Gasteiger partial charge on any atom is -0.367 e. The summed E-state index contributed by atoms with van der Waals surface area (Å²) in [6.07, 6.45) is -1.40. The zero-order valence-corrected chi connectivity index (χ0v) is 5.00. The number of amides is 1. The summed E-state index contributed by atoms with van der Waals surface area (Å²) in [5.74, 6) is -0.677. The van der Waals surface area contributed by atoms with E-state index in [9.17, 15) is 4.79 Å². The van der Waals surface area contributed by atoms with Gasteiger partial charge in [-0.05, 0) is 0 Å². The number of methoxy groups -OCH3 is 1. The van der Waals surface area contributed by atoms with Crippen LogP contribution in [0.4, 0.5) is 0 Å². The van der Waals surface area contributed by atoms with Crippen molar-refractivity contribution in [1.29, 1.82) is 0 Å². The van der Waals surface area contributed by atoms with Gasteiger partial charge >= 0.3 is 0 Å². The fourth-order valence-corrected chi connectivity index (χ4v) is 0.288. The maximum atomic E-state index is 10.2. The van der Waals surface area contributed by atoms with Crippen molar-refractivity contribution in [3.8, 4) is 0 Å². The lowest BCUT2D eigenvalue weighted by Crippen LogP contribution is -2.25. The summed E-state index contributed by atoms with van der Waals surface area (Å²) in [6.45, 7) is 0. The molecule has 0 aliphatic carbocycles. The Kier molecular flexibility index (Phi) is 3.94. The van der Waals surface area contributed by atoms with E-state index in [0.717, 1.165) is 0 Å². The summed E-state index contributed by atoms with van der Waals surface area (Å²) in [7, 11) is 1.26. The molecule has 1 unspecified atom stereocenters. The van der Waals surface area contributed by atoms with E-state index in [-0.39, 0.29) is 6.42 Å². The van der Waals surface area contributed by atoms with Gasteiger partial charge in [-0.15, -0.1) is 0 Å². The normalized spacial score (nSPS) is 12.8. The molecule has 5 heteroatoms. The van der Waals surface area contributed by atoms with E-state index < -0.39 is 12.2 Å². The number of carbonyl (C=O) groups is 1. The molecule has 0 radical (unpaired) electrons. The number of rotatable bonds is 3. The second-order valence-electron chi connectivity index (χ2n) is 1.43. The second kappa shape index (κ2) is 4.25. The fourth-order valence-electron chi connectivity index (χ4n) is 0.288. The third kappa shape index (κ3) is 3.89. The lowest BCUT2D eigenvalue weighted by Gasteiger charge is -2.04. The average Bonchev–Trinajstić information content (AvgIpc) is 1.87. The van der Waals surface area contributed by atoms with Crippen molar-refractivity contribution in [2.75, 3.05) is 7.11 Å². The Labute approximate surface area is 52.2 Å². The Morgan fingerprint density at radius 2 is 2.44 bits per heavy atom. The van der Waals surface area contributed by atoms with Gasteiger partial charge < -0.3 is 9.84 Å². The Bertz CT molecular complexity index is 94.6. The Balaban J connectivity index is 3.34. The predicted molar refractivity (Wildman–Crippen MR) is 27.6 cm³/mol. The van der Waals surface area contributed by atoms with Crippen LogP contribution < -0.4 is 5.48 Å². The van der Waals surface area contributed by atoms with Crippen molar-refractivity contribution in [3.63, 3.8) is 0 Å². The molecule has 0 saturated heterocycles. The maximum absolute atomic E-state index is 10.2. The van der Waals surface area contributed by atoms with Gasteiger partial charge in [-0.1, -0.05) is 0 Å². The molecule has 0 bridgehead atoms. The van der Waals surface area contributed by atoms with Gasteiger partial charge in [0.2, 0.25) is 5.91 Å². The van der Waals surface area contributed by atoms with Crippen LogP contribution in [0.1, 0.15) is 6.42 Å². The second-order valence-corrected chi connectivity index (χ2v) is 1.43. The number of carbonyl (C=O) groups excluding carboxylic acids is 1. The molecule has 0 aromatic carbocycles. The minimum absolute atomic E-state index is 0.257. The highest BCUT2D eigenvalue weighted by Gasteiger charge is 2.06. The number of hydroxylamine groups is 1. The summed E-state index contributed by atoms with van der Waals surface area (Å²) in [4.78, 5) is 10.2. The largest absolute Gasteiger partial charge is 0.367 e. The zero-order chi connectivity index (χ0) is 7.28. The molecule has 0 fully saturated rings. The molecule has 0 saturated carbocycles. The van der Waals surface area contributed by atoms with Crippen molar-refractivity contribution in [2.24, 2.45) is 0 Å². The molecule has 0 aromatic rings. The monoisotopic (exact) mass is 135 g/mol. The third-order valence-corrected chi connectivity index (χ3v) is 0.757. The van der Waals surface area contributed by atoms with Crippen LogP contribution in [0.2, 0.25) is 0 Å². The van der Waals surface area contributed by atoms with Gasteiger partial charge in [-0.2, -0.15) is 0 Å².